The fraction of sp³-hybridized carbons (Fsp3) is 0.138. The Morgan fingerprint density at radius 1 is 0.571 bits per heavy atom. The van der Waals surface area contributed by atoms with E-state index in [1.807, 2.05) is 0 Å². The van der Waals surface area contributed by atoms with Crippen LogP contribution in [0.15, 0.2) is 121 Å². The van der Waals surface area contributed by atoms with Crippen LogP contribution in [0.5, 0.6) is 0 Å². The third-order valence-electron chi connectivity index (χ3n) is 5.68. The number of hydrogen-bond acceptors (Lipinski definition) is 2. The molecule has 0 aliphatic heterocycles. The van der Waals surface area contributed by atoms with Crippen molar-refractivity contribution in [2.24, 2.45) is 0 Å². The first-order valence-corrected chi connectivity index (χ1v) is 18.6. The second-order valence-corrected chi connectivity index (χ2v) is 16.8. The SMILES string of the molecule is O=[CH][Ru]([Cl])[N](CCP(c1ccccc1)c1ccccc1)CCP(c1ccccc1)c1ccccc1. The molecule has 4 aromatic carbocycles. The average molecular weight is 606 g/mol. The van der Waals surface area contributed by atoms with E-state index in [1.165, 1.54) is 21.2 Å². The van der Waals surface area contributed by atoms with E-state index < -0.39 is 31.0 Å². The van der Waals surface area contributed by atoms with Crippen molar-refractivity contribution in [3.8, 4) is 0 Å². The first-order valence-electron chi connectivity index (χ1n) is 11.5. The minimum atomic E-state index is -2.19. The third kappa shape index (κ3) is 7.63. The summed E-state index contributed by atoms with van der Waals surface area (Å²) in [5.41, 5.74) is 0. The van der Waals surface area contributed by atoms with Crippen LogP contribution in [0.1, 0.15) is 0 Å². The predicted molar refractivity (Wildman–Crippen MR) is 152 cm³/mol. The summed E-state index contributed by atoms with van der Waals surface area (Å²) in [5, 5.41) is 5.46. The van der Waals surface area contributed by atoms with Gasteiger partial charge in [-0.05, 0) is 0 Å². The number of nitrogens with zero attached hydrogens (tertiary/aromatic N) is 1. The van der Waals surface area contributed by atoms with Gasteiger partial charge in [-0.25, -0.2) is 0 Å². The standard InChI is InChI=1S/C28H28NP2.CHO.ClH.Ru/c1-5-13-25(14-6-1)30(26-15-7-2-8-16-26)23-21-29-22-24-31(27-17-9-3-10-18-27)28-19-11-4-12-20-28;1-2;;/h1-20H,21-24H2;1H;1H;/q-1;;;+2/p-1. The molecule has 4 rings (SSSR count). The molecular formula is C29H29ClNOP2Ru. The van der Waals surface area contributed by atoms with E-state index >= 15 is 0 Å². The molecule has 0 saturated carbocycles. The first-order chi connectivity index (χ1) is 17.3. The molecule has 2 nitrogen and oxygen atoms in total. The Bertz CT molecular complexity index is 986. The fourth-order valence-electron chi connectivity index (χ4n) is 3.97. The van der Waals surface area contributed by atoms with Crippen LogP contribution in [0.4, 0.5) is 0 Å². The van der Waals surface area contributed by atoms with Gasteiger partial charge in [0, 0.05) is 0 Å². The summed E-state index contributed by atoms with van der Waals surface area (Å²) >= 11 is -2.19. The number of carbonyl (C=O) groups is 1. The Hall–Kier alpha value is -1.72. The van der Waals surface area contributed by atoms with Gasteiger partial charge in [0.1, 0.15) is 0 Å². The molecule has 0 bridgehead atoms. The van der Waals surface area contributed by atoms with Crippen molar-refractivity contribution in [1.29, 1.82) is 0 Å². The van der Waals surface area contributed by atoms with Gasteiger partial charge in [-0.1, -0.05) is 0 Å². The van der Waals surface area contributed by atoms with E-state index in [4.69, 9.17) is 9.69 Å². The van der Waals surface area contributed by atoms with Gasteiger partial charge in [-0.2, -0.15) is 0 Å². The number of rotatable bonds is 12. The van der Waals surface area contributed by atoms with E-state index in [0.717, 1.165) is 30.3 Å². The van der Waals surface area contributed by atoms with Crippen molar-refractivity contribution in [2.75, 3.05) is 25.4 Å². The number of hydrogen-bond donors (Lipinski definition) is 0. The van der Waals surface area contributed by atoms with Crippen molar-refractivity contribution < 1.29 is 20.0 Å². The molecule has 0 aliphatic carbocycles. The molecule has 0 unspecified atom stereocenters. The number of halogens is 1. The van der Waals surface area contributed by atoms with Crippen molar-refractivity contribution in [3.05, 3.63) is 121 Å². The second kappa shape index (κ2) is 14.1. The summed E-state index contributed by atoms with van der Waals surface area (Å²) in [6.45, 7) is 1.67. The molecule has 0 N–H and O–H groups in total. The summed E-state index contributed by atoms with van der Waals surface area (Å²) < 4.78 is 2.29. The molecule has 0 amide bonds. The maximum absolute atomic E-state index is 11.8. The van der Waals surface area contributed by atoms with Crippen molar-refractivity contribution in [1.82, 2.24) is 3.64 Å². The molecule has 6 heteroatoms. The normalized spacial score (nSPS) is 11.7. The van der Waals surface area contributed by atoms with Crippen LogP contribution in [0.3, 0.4) is 0 Å². The maximum atomic E-state index is 11.8. The van der Waals surface area contributed by atoms with Crippen molar-refractivity contribution in [2.45, 2.75) is 0 Å². The molecule has 0 aliphatic rings. The quantitative estimate of drug-likeness (QED) is 0.122. The molecular weight excluding hydrogens is 577 g/mol. The van der Waals surface area contributed by atoms with Crippen LogP contribution in [0.2, 0.25) is 0 Å². The van der Waals surface area contributed by atoms with Crippen LogP contribution in [-0.4, -0.2) is 33.9 Å². The van der Waals surface area contributed by atoms with Gasteiger partial charge < -0.3 is 0 Å². The molecule has 0 saturated heterocycles. The Morgan fingerprint density at radius 2 is 0.857 bits per heavy atom. The van der Waals surface area contributed by atoms with E-state index in [1.54, 1.807) is 0 Å². The predicted octanol–water partition coefficient (Wildman–Crippen LogP) is 5.43. The Balaban J connectivity index is 1.52. The summed E-state index contributed by atoms with van der Waals surface area (Å²) in [5.74, 6) is 0. The van der Waals surface area contributed by atoms with Gasteiger partial charge in [0.05, 0.1) is 0 Å². The molecule has 35 heavy (non-hydrogen) atoms. The van der Waals surface area contributed by atoms with Crippen LogP contribution >= 0.6 is 25.5 Å². The fourth-order valence-corrected chi connectivity index (χ4v) is 11.3. The van der Waals surface area contributed by atoms with Gasteiger partial charge in [0.2, 0.25) is 0 Å². The molecule has 0 fully saturated rings. The van der Waals surface area contributed by atoms with Gasteiger partial charge in [0.25, 0.3) is 0 Å². The summed E-state index contributed by atoms with van der Waals surface area (Å²) in [6, 6.07) is 43.0. The summed E-state index contributed by atoms with van der Waals surface area (Å²) in [4.78, 5) is 12.8. The molecule has 181 valence electrons. The number of benzene rings is 4. The van der Waals surface area contributed by atoms with Crippen molar-refractivity contribution in [3.63, 3.8) is 0 Å². The van der Waals surface area contributed by atoms with E-state index in [0.29, 0.717) is 0 Å². The topological polar surface area (TPSA) is 20.3 Å². The van der Waals surface area contributed by atoms with Crippen molar-refractivity contribution >= 4 is 51.6 Å². The van der Waals surface area contributed by atoms with Crippen LogP contribution < -0.4 is 21.2 Å². The van der Waals surface area contributed by atoms with Crippen LogP contribution in [0.25, 0.3) is 0 Å². The van der Waals surface area contributed by atoms with Gasteiger partial charge in [-0.3, -0.25) is 0 Å². The summed E-state index contributed by atoms with van der Waals surface area (Å²) in [7, 11) is 5.67. The van der Waals surface area contributed by atoms with Gasteiger partial charge in [-0.15, -0.1) is 0 Å². The average Bonchev–Trinajstić information content (AvgIpc) is 2.94. The summed E-state index contributed by atoms with van der Waals surface area (Å²) in [6.07, 6.45) is 1.98. The van der Waals surface area contributed by atoms with E-state index in [9.17, 15) is 4.79 Å². The van der Waals surface area contributed by atoms with Crippen LogP contribution in [0, 0.1) is 0 Å². The van der Waals surface area contributed by atoms with E-state index in [2.05, 4.69) is 125 Å². The second-order valence-electron chi connectivity index (χ2n) is 7.85. The van der Waals surface area contributed by atoms with Gasteiger partial charge >= 0.3 is 222 Å². The zero-order valence-electron chi connectivity index (χ0n) is 19.4. The molecule has 0 aromatic heterocycles. The molecule has 0 radical (unpaired) electrons. The number of carbonyl (C=O) groups excluding carboxylic acids is 1. The van der Waals surface area contributed by atoms with E-state index in [-0.39, 0.29) is 0 Å². The minimum absolute atomic E-state index is 0.515. The Morgan fingerprint density at radius 3 is 1.11 bits per heavy atom. The molecule has 0 atom stereocenters. The first kappa shape index (κ1) is 26.3. The molecule has 4 aromatic rings. The molecule has 0 spiro atoms. The Kier molecular flexibility index (Phi) is 10.6. The molecule has 0 heterocycles. The monoisotopic (exact) mass is 606 g/mol. The zero-order valence-corrected chi connectivity index (χ0v) is 23.7. The Labute approximate surface area is 221 Å². The van der Waals surface area contributed by atoms with Gasteiger partial charge in [0.15, 0.2) is 0 Å². The van der Waals surface area contributed by atoms with Crippen LogP contribution in [-0.2, 0) is 20.0 Å². The zero-order chi connectivity index (χ0) is 24.3. The third-order valence-corrected chi connectivity index (χ3v) is 14.2.